The van der Waals surface area contributed by atoms with Crippen LogP contribution < -0.4 is 4.90 Å². The van der Waals surface area contributed by atoms with E-state index in [1.165, 1.54) is 17.7 Å². The first-order chi connectivity index (χ1) is 7.97. The normalized spacial score (nSPS) is 21.6. The predicted molar refractivity (Wildman–Crippen MR) is 72.4 cm³/mol. The van der Waals surface area contributed by atoms with Crippen LogP contribution in [0.1, 0.15) is 32.3 Å². The van der Waals surface area contributed by atoms with Gasteiger partial charge in [-0.2, -0.15) is 0 Å². The van der Waals surface area contributed by atoms with Gasteiger partial charge in [0.05, 0.1) is 5.60 Å². The molecule has 0 bridgehead atoms. The van der Waals surface area contributed by atoms with Crippen molar-refractivity contribution in [3.63, 3.8) is 0 Å². The molecule has 0 spiro atoms. The lowest BCUT2D eigenvalue weighted by Gasteiger charge is -2.39. The zero-order valence-electron chi connectivity index (χ0n) is 11.1. The van der Waals surface area contributed by atoms with E-state index in [9.17, 15) is 5.11 Å². The number of hydrogen-bond donors (Lipinski definition) is 1. The van der Waals surface area contributed by atoms with Gasteiger partial charge in [-0.1, -0.05) is 17.7 Å². The average Bonchev–Trinajstić information content (AvgIpc) is 2.29. The van der Waals surface area contributed by atoms with Crippen LogP contribution in [0.2, 0.25) is 0 Å². The highest BCUT2D eigenvalue weighted by Crippen LogP contribution is 2.29. The molecule has 2 rings (SSSR count). The van der Waals surface area contributed by atoms with Crippen LogP contribution in [0.3, 0.4) is 0 Å². The summed E-state index contributed by atoms with van der Waals surface area (Å²) in [6.07, 6.45) is 2.30. The molecule has 1 unspecified atom stereocenters. The van der Waals surface area contributed by atoms with Gasteiger partial charge in [0.2, 0.25) is 0 Å². The van der Waals surface area contributed by atoms with E-state index in [1.54, 1.807) is 0 Å². The standard InChI is InChI=1S/C15H23NO/c1-12-6-8-14(9-7-12)16-10-4-5-13(11-16)15(2,3)17/h6-9,13,17H,4-5,10-11H2,1-3H3. The zero-order valence-corrected chi connectivity index (χ0v) is 11.1. The lowest BCUT2D eigenvalue weighted by molar-refractivity contribution is 0.0110. The van der Waals surface area contributed by atoms with Gasteiger partial charge in [-0.15, -0.1) is 0 Å². The Morgan fingerprint density at radius 1 is 1.24 bits per heavy atom. The van der Waals surface area contributed by atoms with Crippen LogP contribution in [0, 0.1) is 12.8 Å². The summed E-state index contributed by atoms with van der Waals surface area (Å²) in [6, 6.07) is 8.68. The highest BCUT2D eigenvalue weighted by Gasteiger charge is 2.31. The fraction of sp³-hybridized carbons (Fsp3) is 0.600. The number of nitrogens with zero attached hydrogens (tertiary/aromatic N) is 1. The van der Waals surface area contributed by atoms with Gasteiger partial charge in [-0.3, -0.25) is 0 Å². The molecule has 0 aliphatic carbocycles. The van der Waals surface area contributed by atoms with Crippen molar-refractivity contribution in [1.29, 1.82) is 0 Å². The number of piperidine rings is 1. The summed E-state index contributed by atoms with van der Waals surface area (Å²) in [6.45, 7) is 8.04. The number of benzene rings is 1. The van der Waals surface area contributed by atoms with E-state index in [2.05, 4.69) is 36.1 Å². The van der Waals surface area contributed by atoms with Crippen molar-refractivity contribution in [3.05, 3.63) is 29.8 Å². The maximum Gasteiger partial charge on any atom is 0.0636 e. The predicted octanol–water partition coefficient (Wildman–Crippen LogP) is 2.98. The van der Waals surface area contributed by atoms with E-state index < -0.39 is 5.60 Å². The highest BCUT2D eigenvalue weighted by atomic mass is 16.3. The van der Waals surface area contributed by atoms with Crippen molar-refractivity contribution in [2.75, 3.05) is 18.0 Å². The molecule has 17 heavy (non-hydrogen) atoms. The molecule has 1 N–H and O–H groups in total. The van der Waals surface area contributed by atoms with Gasteiger partial charge in [0.15, 0.2) is 0 Å². The van der Waals surface area contributed by atoms with Gasteiger partial charge < -0.3 is 10.0 Å². The summed E-state index contributed by atoms with van der Waals surface area (Å²) in [7, 11) is 0. The molecule has 1 aromatic rings. The maximum absolute atomic E-state index is 10.1. The summed E-state index contributed by atoms with van der Waals surface area (Å²) in [5, 5.41) is 10.1. The molecule has 1 aliphatic heterocycles. The highest BCUT2D eigenvalue weighted by molar-refractivity contribution is 5.47. The van der Waals surface area contributed by atoms with Crippen LogP contribution in [-0.4, -0.2) is 23.8 Å². The second-order valence-electron chi connectivity index (χ2n) is 5.77. The van der Waals surface area contributed by atoms with E-state index in [1.807, 2.05) is 13.8 Å². The Kier molecular flexibility index (Phi) is 3.43. The molecule has 0 amide bonds. The molecule has 0 aromatic heterocycles. The molecule has 1 aliphatic rings. The topological polar surface area (TPSA) is 23.5 Å². The number of aryl methyl sites for hydroxylation is 1. The molecule has 2 heteroatoms. The SMILES string of the molecule is Cc1ccc(N2CCCC(C(C)(C)O)C2)cc1. The van der Waals surface area contributed by atoms with Gasteiger partial charge in [-0.25, -0.2) is 0 Å². The Morgan fingerprint density at radius 2 is 1.88 bits per heavy atom. The van der Waals surface area contributed by atoms with E-state index in [4.69, 9.17) is 0 Å². The molecule has 1 heterocycles. The van der Waals surface area contributed by atoms with Crippen LogP contribution in [0.15, 0.2) is 24.3 Å². The van der Waals surface area contributed by atoms with Crippen molar-refractivity contribution < 1.29 is 5.11 Å². The number of anilines is 1. The lowest BCUT2D eigenvalue weighted by atomic mass is 9.84. The zero-order chi connectivity index (χ0) is 12.5. The smallest absolute Gasteiger partial charge is 0.0636 e. The van der Waals surface area contributed by atoms with Crippen molar-refractivity contribution in [1.82, 2.24) is 0 Å². The van der Waals surface area contributed by atoms with Crippen molar-refractivity contribution in [3.8, 4) is 0 Å². The quantitative estimate of drug-likeness (QED) is 0.849. The fourth-order valence-electron chi connectivity index (χ4n) is 2.54. The van der Waals surface area contributed by atoms with Crippen molar-refractivity contribution >= 4 is 5.69 Å². The lowest BCUT2D eigenvalue weighted by Crippen LogP contribution is -2.44. The molecule has 1 atom stereocenters. The minimum Gasteiger partial charge on any atom is -0.390 e. The summed E-state index contributed by atoms with van der Waals surface area (Å²) >= 11 is 0. The summed E-state index contributed by atoms with van der Waals surface area (Å²) in [4.78, 5) is 2.39. The van der Waals surface area contributed by atoms with Crippen LogP contribution in [0.5, 0.6) is 0 Å². The molecule has 0 radical (unpaired) electrons. The Morgan fingerprint density at radius 3 is 2.47 bits per heavy atom. The molecule has 1 aromatic carbocycles. The van der Waals surface area contributed by atoms with Crippen LogP contribution in [0.4, 0.5) is 5.69 Å². The van der Waals surface area contributed by atoms with E-state index in [0.717, 1.165) is 19.5 Å². The van der Waals surface area contributed by atoms with Crippen molar-refractivity contribution in [2.24, 2.45) is 5.92 Å². The Labute approximate surface area is 104 Å². The average molecular weight is 233 g/mol. The maximum atomic E-state index is 10.1. The fourth-order valence-corrected chi connectivity index (χ4v) is 2.54. The first-order valence-corrected chi connectivity index (χ1v) is 6.51. The van der Waals surface area contributed by atoms with Gasteiger partial charge >= 0.3 is 0 Å². The van der Waals surface area contributed by atoms with Crippen LogP contribution in [0.25, 0.3) is 0 Å². The number of hydrogen-bond acceptors (Lipinski definition) is 2. The van der Waals surface area contributed by atoms with Gasteiger partial charge in [0, 0.05) is 24.7 Å². The minimum atomic E-state index is -0.566. The molecule has 1 fully saturated rings. The summed E-state index contributed by atoms with van der Waals surface area (Å²) in [5.41, 5.74) is 2.01. The minimum absolute atomic E-state index is 0.373. The molecular weight excluding hydrogens is 210 g/mol. The van der Waals surface area contributed by atoms with E-state index >= 15 is 0 Å². The third-order valence-electron chi connectivity index (χ3n) is 3.82. The first-order valence-electron chi connectivity index (χ1n) is 6.51. The molecule has 2 nitrogen and oxygen atoms in total. The third kappa shape index (κ3) is 3.01. The third-order valence-corrected chi connectivity index (χ3v) is 3.82. The molecule has 0 saturated carbocycles. The molecular formula is C15H23NO. The van der Waals surface area contributed by atoms with Gasteiger partial charge in [0.1, 0.15) is 0 Å². The number of aliphatic hydroxyl groups is 1. The van der Waals surface area contributed by atoms with Crippen molar-refractivity contribution in [2.45, 2.75) is 39.2 Å². The Hall–Kier alpha value is -1.02. The van der Waals surface area contributed by atoms with E-state index in [-0.39, 0.29) is 0 Å². The second kappa shape index (κ2) is 4.69. The Balaban J connectivity index is 2.09. The summed E-state index contributed by atoms with van der Waals surface area (Å²) < 4.78 is 0. The summed E-state index contributed by atoms with van der Waals surface area (Å²) in [5.74, 6) is 0.373. The van der Waals surface area contributed by atoms with Gasteiger partial charge in [-0.05, 0) is 45.7 Å². The monoisotopic (exact) mass is 233 g/mol. The largest absolute Gasteiger partial charge is 0.390 e. The van der Waals surface area contributed by atoms with E-state index in [0.29, 0.717) is 5.92 Å². The Bertz CT molecular complexity index is 364. The van der Waals surface area contributed by atoms with Crippen LogP contribution in [-0.2, 0) is 0 Å². The second-order valence-corrected chi connectivity index (χ2v) is 5.77. The molecule has 1 saturated heterocycles. The molecule has 94 valence electrons. The first kappa shape index (κ1) is 12.4. The van der Waals surface area contributed by atoms with Gasteiger partial charge in [0.25, 0.3) is 0 Å². The number of rotatable bonds is 2. The van der Waals surface area contributed by atoms with Crippen LogP contribution >= 0.6 is 0 Å².